The molecule has 0 radical (unpaired) electrons. The summed E-state index contributed by atoms with van der Waals surface area (Å²) in [6.07, 6.45) is 3.91. The minimum atomic E-state index is 0.122. The van der Waals surface area contributed by atoms with Crippen molar-refractivity contribution >= 4 is 35.1 Å². The van der Waals surface area contributed by atoms with Gasteiger partial charge in [0.1, 0.15) is 0 Å². The third-order valence-electron chi connectivity index (χ3n) is 4.99. The molecule has 118 valence electrons. The summed E-state index contributed by atoms with van der Waals surface area (Å²) in [4.78, 5) is 15.9. The van der Waals surface area contributed by atoms with E-state index in [4.69, 9.17) is 22.7 Å². The molecule has 0 saturated carbocycles. The fourth-order valence-corrected chi connectivity index (χ4v) is 3.92. The Bertz CT molecular complexity index is 623. The van der Waals surface area contributed by atoms with Crippen molar-refractivity contribution in [2.75, 3.05) is 37.3 Å². The molecule has 3 rings (SSSR count). The summed E-state index contributed by atoms with van der Waals surface area (Å²) in [5, 5.41) is 8.19. The van der Waals surface area contributed by atoms with E-state index in [0.717, 1.165) is 43.7 Å². The van der Waals surface area contributed by atoms with Crippen LogP contribution in [0, 0.1) is 10.8 Å². The Kier molecular flexibility index (Phi) is 3.77. The third kappa shape index (κ3) is 2.54. The van der Waals surface area contributed by atoms with Crippen molar-refractivity contribution in [1.82, 2.24) is 4.90 Å². The maximum Gasteiger partial charge on any atom is 0.222 e. The quantitative estimate of drug-likeness (QED) is 0.649. The SMILES string of the molecule is CN1CC2(CCN(c3cc(Cl)cc(N)c3C=N)CC2)CC1=O. The molecule has 5 nitrogen and oxygen atoms in total. The number of nitrogen functional groups attached to an aromatic ring is 1. The summed E-state index contributed by atoms with van der Waals surface area (Å²) in [6.45, 7) is 2.58. The molecule has 0 aliphatic carbocycles. The first-order valence-electron chi connectivity index (χ1n) is 7.52. The Balaban J connectivity index is 1.80. The van der Waals surface area contributed by atoms with Gasteiger partial charge in [0.15, 0.2) is 0 Å². The van der Waals surface area contributed by atoms with Gasteiger partial charge in [-0.2, -0.15) is 0 Å². The molecule has 0 atom stereocenters. The van der Waals surface area contributed by atoms with E-state index >= 15 is 0 Å². The highest BCUT2D eigenvalue weighted by Crippen LogP contribution is 2.42. The average Bonchev–Trinajstić information content (AvgIpc) is 2.73. The minimum Gasteiger partial charge on any atom is -0.398 e. The first kappa shape index (κ1) is 15.2. The molecule has 2 aliphatic rings. The number of likely N-dealkylation sites (tertiary alicyclic amines) is 1. The molecule has 0 unspecified atom stereocenters. The van der Waals surface area contributed by atoms with Gasteiger partial charge >= 0.3 is 0 Å². The van der Waals surface area contributed by atoms with Crippen LogP contribution in [0.25, 0.3) is 0 Å². The van der Waals surface area contributed by atoms with E-state index in [1.165, 1.54) is 6.21 Å². The molecule has 1 aromatic carbocycles. The van der Waals surface area contributed by atoms with Gasteiger partial charge < -0.3 is 20.9 Å². The molecule has 22 heavy (non-hydrogen) atoms. The zero-order valence-corrected chi connectivity index (χ0v) is 13.5. The second-order valence-electron chi connectivity index (χ2n) is 6.49. The summed E-state index contributed by atoms with van der Waals surface area (Å²) >= 11 is 6.12. The molecule has 3 N–H and O–H groups in total. The van der Waals surface area contributed by atoms with Crippen LogP contribution in [0.15, 0.2) is 12.1 Å². The van der Waals surface area contributed by atoms with Crippen molar-refractivity contribution in [3.63, 3.8) is 0 Å². The first-order chi connectivity index (χ1) is 10.4. The number of hydrogen-bond acceptors (Lipinski definition) is 4. The second kappa shape index (κ2) is 5.47. The van der Waals surface area contributed by atoms with Crippen molar-refractivity contribution < 1.29 is 4.79 Å². The Labute approximate surface area is 135 Å². The smallest absolute Gasteiger partial charge is 0.222 e. The van der Waals surface area contributed by atoms with E-state index in [1.54, 1.807) is 6.07 Å². The van der Waals surface area contributed by atoms with E-state index in [2.05, 4.69) is 4.90 Å². The average molecular weight is 321 g/mol. The molecule has 2 aliphatic heterocycles. The van der Waals surface area contributed by atoms with Crippen LogP contribution in [0.3, 0.4) is 0 Å². The summed E-state index contributed by atoms with van der Waals surface area (Å²) < 4.78 is 0. The molecular weight excluding hydrogens is 300 g/mol. The zero-order chi connectivity index (χ0) is 15.9. The number of hydrogen-bond donors (Lipinski definition) is 2. The molecule has 0 aromatic heterocycles. The van der Waals surface area contributed by atoms with Crippen LogP contribution in [0.2, 0.25) is 5.02 Å². The molecule has 2 saturated heterocycles. The van der Waals surface area contributed by atoms with Crippen molar-refractivity contribution in [3.8, 4) is 0 Å². The van der Waals surface area contributed by atoms with E-state index < -0.39 is 0 Å². The van der Waals surface area contributed by atoms with Gasteiger partial charge in [0, 0.05) is 66.7 Å². The molecule has 0 bridgehead atoms. The van der Waals surface area contributed by atoms with Crippen molar-refractivity contribution in [2.45, 2.75) is 19.3 Å². The molecule has 1 spiro atoms. The van der Waals surface area contributed by atoms with E-state index in [1.807, 2.05) is 18.0 Å². The van der Waals surface area contributed by atoms with Gasteiger partial charge in [-0.15, -0.1) is 0 Å². The molecule has 1 aromatic rings. The maximum atomic E-state index is 11.8. The number of nitrogens with one attached hydrogen (secondary N) is 1. The molecule has 1 amide bonds. The summed E-state index contributed by atoms with van der Waals surface area (Å²) in [7, 11) is 1.88. The topological polar surface area (TPSA) is 73.4 Å². The van der Waals surface area contributed by atoms with Crippen molar-refractivity contribution in [3.05, 3.63) is 22.7 Å². The van der Waals surface area contributed by atoms with E-state index in [0.29, 0.717) is 17.1 Å². The summed E-state index contributed by atoms with van der Waals surface area (Å²) in [5.41, 5.74) is 8.28. The number of rotatable bonds is 2. The van der Waals surface area contributed by atoms with Gasteiger partial charge in [0.2, 0.25) is 5.91 Å². The number of benzene rings is 1. The number of nitrogens with zero attached hydrogens (tertiary/aromatic N) is 2. The Morgan fingerprint density at radius 2 is 2.05 bits per heavy atom. The van der Waals surface area contributed by atoms with Gasteiger partial charge in [0.25, 0.3) is 0 Å². The fraction of sp³-hybridized carbons (Fsp3) is 0.500. The fourth-order valence-electron chi connectivity index (χ4n) is 3.70. The second-order valence-corrected chi connectivity index (χ2v) is 6.92. The number of amides is 1. The Morgan fingerprint density at radius 3 is 2.59 bits per heavy atom. The standard InChI is InChI=1S/C16H21ClN4O/c1-20-10-16(8-15(20)22)2-4-21(5-3-16)14-7-11(17)6-13(19)12(14)9-18/h6-7,9,18H,2-5,8,10,19H2,1H3. The Morgan fingerprint density at radius 1 is 1.36 bits per heavy atom. The van der Waals surface area contributed by atoms with Crippen LogP contribution in [0.1, 0.15) is 24.8 Å². The number of nitrogens with two attached hydrogens (primary N) is 1. The van der Waals surface area contributed by atoms with Crippen molar-refractivity contribution in [1.29, 1.82) is 5.41 Å². The van der Waals surface area contributed by atoms with Crippen LogP contribution in [-0.2, 0) is 4.79 Å². The lowest BCUT2D eigenvalue weighted by molar-refractivity contribution is -0.126. The molecule has 6 heteroatoms. The van der Waals surface area contributed by atoms with Gasteiger partial charge in [-0.25, -0.2) is 0 Å². The van der Waals surface area contributed by atoms with Crippen LogP contribution in [-0.4, -0.2) is 43.7 Å². The van der Waals surface area contributed by atoms with Gasteiger partial charge in [-0.05, 0) is 25.0 Å². The number of piperidine rings is 1. The number of carbonyl (C=O) groups is 1. The third-order valence-corrected chi connectivity index (χ3v) is 5.21. The predicted octanol–water partition coefficient (Wildman–Crippen LogP) is 2.37. The van der Waals surface area contributed by atoms with Gasteiger partial charge in [-0.1, -0.05) is 11.6 Å². The highest BCUT2D eigenvalue weighted by molar-refractivity contribution is 6.31. The number of carbonyl (C=O) groups excluding carboxylic acids is 1. The van der Waals surface area contributed by atoms with Crippen LogP contribution >= 0.6 is 11.6 Å². The number of halogens is 1. The van der Waals surface area contributed by atoms with E-state index in [9.17, 15) is 4.79 Å². The monoisotopic (exact) mass is 320 g/mol. The highest BCUT2D eigenvalue weighted by Gasteiger charge is 2.43. The lowest BCUT2D eigenvalue weighted by Gasteiger charge is -2.40. The largest absolute Gasteiger partial charge is 0.398 e. The number of anilines is 2. The van der Waals surface area contributed by atoms with Crippen molar-refractivity contribution in [2.24, 2.45) is 5.41 Å². The molecular formula is C16H21ClN4O. The van der Waals surface area contributed by atoms with Crippen LogP contribution in [0.4, 0.5) is 11.4 Å². The maximum absolute atomic E-state index is 11.8. The van der Waals surface area contributed by atoms with Gasteiger partial charge in [0.05, 0.1) is 0 Å². The van der Waals surface area contributed by atoms with Crippen LogP contribution in [0.5, 0.6) is 0 Å². The lowest BCUT2D eigenvalue weighted by atomic mass is 9.77. The summed E-state index contributed by atoms with van der Waals surface area (Å²) in [5.74, 6) is 0.251. The van der Waals surface area contributed by atoms with E-state index in [-0.39, 0.29) is 11.3 Å². The van der Waals surface area contributed by atoms with Gasteiger partial charge in [-0.3, -0.25) is 4.79 Å². The first-order valence-corrected chi connectivity index (χ1v) is 7.90. The molecule has 2 heterocycles. The lowest BCUT2D eigenvalue weighted by Crippen LogP contribution is -2.41. The predicted molar refractivity (Wildman–Crippen MR) is 89.9 cm³/mol. The zero-order valence-electron chi connectivity index (χ0n) is 12.7. The normalized spacial score (nSPS) is 20.7. The minimum absolute atomic E-state index is 0.122. The Hall–Kier alpha value is -1.75. The van der Waals surface area contributed by atoms with Crippen LogP contribution < -0.4 is 10.6 Å². The summed E-state index contributed by atoms with van der Waals surface area (Å²) in [6, 6.07) is 3.56. The molecule has 2 fully saturated rings. The highest BCUT2D eigenvalue weighted by atomic mass is 35.5.